The molecule has 1 fully saturated rings. The molecule has 88 valence electrons. The number of hydrogen-bond donors (Lipinski definition) is 0. The SMILES string of the molecule is CCCCC=C1CCC(C(C)(C)C)CC1. The Balaban J connectivity index is 2.32. The number of allylic oxidation sites excluding steroid dienone is 2. The van der Waals surface area contributed by atoms with Crippen LogP contribution in [0.25, 0.3) is 0 Å². The van der Waals surface area contributed by atoms with E-state index in [4.69, 9.17) is 0 Å². The van der Waals surface area contributed by atoms with Crippen LogP contribution in [-0.4, -0.2) is 0 Å². The summed E-state index contributed by atoms with van der Waals surface area (Å²) in [5.41, 5.74) is 2.26. The summed E-state index contributed by atoms with van der Waals surface area (Å²) in [4.78, 5) is 0. The summed E-state index contributed by atoms with van der Waals surface area (Å²) in [5.74, 6) is 0.945. The van der Waals surface area contributed by atoms with Gasteiger partial charge >= 0.3 is 0 Å². The molecule has 1 saturated carbocycles. The standard InChI is InChI=1S/C15H28/c1-5-6-7-8-13-9-11-14(12-10-13)15(2,3)4/h8,14H,5-7,9-12H2,1-4H3. The highest BCUT2D eigenvalue weighted by Crippen LogP contribution is 2.39. The maximum Gasteiger partial charge on any atom is -0.0317 e. The first-order valence-electron chi connectivity index (χ1n) is 6.72. The Morgan fingerprint density at radius 3 is 2.27 bits per heavy atom. The van der Waals surface area contributed by atoms with Crippen LogP contribution < -0.4 is 0 Å². The molecule has 0 amide bonds. The maximum absolute atomic E-state index is 2.52. The Kier molecular flexibility index (Phi) is 4.89. The first-order chi connectivity index (χ1) is 7.04. The van der Waals surface area contributed by atoms with Gasteiger partial charge in [-0.25, -0.2) is 0 Å². The predicted octanol–water partition coefficient (Wildman–Crippen LogP) is 5.34. The van der Waals surface area contributed by atoms with Gasteiger partial charge in [-0.05, 0) is 43.4 Å². The van der Waals surface area contributed by atoms with E-state index in [2.05, 4.69) is 33.8 Å². The molecule has 0 radical (unpaired) electrons. The largest absolute Gasteiger partial charge is 0.0853 e. The first kappa shape index (κ1) is 12.8. The molecule has 0 unspecified atom stereocenters. The molecule has 0 aromatic rings. The second-order valence-electron chi connectivity index (χ2n) is 6.14. The van der Waals surface area contributed by atoms with Crippen LogP contribution in [0.5, 0.6) is 0 Å². The zero-order valence-electron chi connectivity index (χ0n) is 11.1. The van der Waals surface area contributed by atoms with E-state index in [0.717, 1.165) is 5.92 Å². The van der Waals surface area contributed by atoms with Gasteiger partial charge in [0.2, 0.25) is 0 Å². The Hall–Kier alpha value is -0.260. The molecule has 0 nitrogen and oxygen atoms in total. The summed E-state index contributed by atoms with van der Waals surface area (Å²) in [6.07, 6.45) is 12.1. The normalized spacial score (nSPS) is 22.9. The van der Waals surface area contributed by atoms with Gasteiger partial charge in [0.15, 0.2) is 0 Å². The van der Waals surface area contributed by atoms with Crippen LogP contribution in [0.3, 0.4) is 0 Å². The average molecular weight is 208 g/mol. The van der Waals surface area contributed by atoms with Gasteiger partial charge in [0, 0.05) is 0 Å². The summed E-state index contributed by atoms with van der Waals surface area (Å²) < 4.78 is 0. The number of unbranched alkanes of at least 4 members (excludes halogenated alkanes) is 2. The zero-order valence-corrected chi connectivity index (χ0v) is 11.1. The Morgan fingerprint density at radius 1 is 1.20 bits per heavy atom. The second kappa shape index (κ2) is 5.72. The fourth-order valence-electron chi connectivity index (χ4n) is 2.57. The van der Waals surface area contributed by atoms with Crippen molar-refractivity contribution >= 4 is 0 Å². The van der Waals surface area contributed by atoms with Crippen molar-refractivity contribution in [3.05, 3.63) is 11.6 Å². The van der Waals surface area contributed by atoms with Gasteiger partial charge < -0.3 is 0 Å². The van der Waals surface area contributed by atoms with Gasteiger partial charge in [-0.15, -0.1) is 0 Å². The summed E-state index contributed by atoms with van der Waals surface area (Å²) in [5, 5.41) is 0. The van der Waals surface area contributed by atoms with Crippen LogP contribution in [-0.2, 0) is 0 Å². The molecule has 1 rings (SSSR count). The van der Waals surface area contributed by atoms with Gasteiger partial charge in [-0.3, -0.25) is 0 Å². The van der Waals surface area contributed by atoms with Crippen molar-refractivity contribution in [2.45, 2.75) is 72.6 Å². The highest BCUT2D eigenvalue weighted by molar-refractivity contribution is 5.06. The fraction of sp³-hybridized carbons (Fsp3) is 0.867. The molecular weight excluding hydrogens is 180 g/mol. The molecule has 0 atom stereocenters. The minimum atomic E-state index is 0.523. The first-order valence-corrected chi connectivity index (χ1v) is 6.72. The van der Waals surface area contributed by atoms with Crippen molar-refractivity contribution < 1.29 is 0 Å². The highest BCUT2D eigenvalue weighted by Gasteiger charge is 2.27. The molecule has 1 aliphatic carbocycles. The lowest BCUT2D eigenvalue weighted by molar-refractivity contribution is 0.197. The predicted molar refractivity (Wildman–Crippen MR) is 69.0 cm³/mol. The fourth-order valence-corrected chi connectivity index (χ4v) is 2.57. The van der Waals surface area contributed by atoms with Crippen LogP contribution in [0.2, 0.25) is 0 Å². The van der Waals surface area contributed by atoms with E-state index in [9.17, 15) is 0 Å². The van der Waals surface area contributed by atoms with Crippen LogP contribution in [0.4, 0.5) is 0 Å². The van der Waals surface area contributed by atoms with Crippen LogP contribution >= 0.6 is 0 Å². The molecule has 15 heavy (non-hydrogen) atoms. The molecule has 0 aromatic carbocycles. The molecule has 0 aromatic heterocycles. The average Bonchev–Trinajstić information content (AvgIpc) is 2.18. The molecule has 0 heteroatoms. The van der Waals surface area contributed by atoms with E-state index in [0.29, 0.717) is 5.41 Å². The van der Waals surface area contributed by atoms with Crippen LogP contribution in [0.15, 0.2) is 11.6 Å². The van der Waals surface area contributed by atoms with Crippen molar-refractivity contribution in [3.8, 4) is 0 Å². The molecular formula is C15H28. The van der Waals surface area contributed by atoms with Gasteiger partial charge in [-0.1, -0.05) is 52.2 Å². The van der Waals surface area contributed by atoms with E-state index in [1.807, 2.05) is 0 Å². The highest BCUT2D eigenvalue weighted by atomic mass is 14.3. The molecule has 0 spiro atoms. The Labute approximate surface area is 96.2 Å². The second-order valence-corrected chi connectivity index (χ2v) is 6.14. The summed E-state index contributed by atoms with van der Waals surface area (Å²) in [6.45, 7) is 9.45. The lowest BCUT2D eigenvalue weighted by Crippen LogP contribution is -2.23. The minimum absolute atomic E-state index is 0.523. The van der Waals surface area contributed by atoms with Crippen LogP contribution in [0, 0.1) is 11.3 Å². The third-order valence-electron chi connectivity index (χ3n) is 3.84. The van der Waals surface area contributed by atoms with E-state index in [-0.39, 0.29) is 0 Å². The Morgan fingerprint density at radius 2 is 1.80 bits per heavy atom. The summed E-state index contributed by atoms with van der Waals surface area (Å²) in [7, 11) is 0. The Bertz CT molecular complexity index is 195. The van der Waals surface area contributed by atoms with Gasteiger partial charge in [-0.2, -0.15) is 0 Å². The molecule has 1 aliphatic rings. The van der Waals surface area contributed by atoms with E-state index >= 15 is 0 Å². The maximum atomic E-state index is 2.52. The van der Waals surface area contributed by atoms with Gasteiger partial charge in [0.05, 0.1) is 0 Å². The van der Waals surface area contributed by atoms with Crippen molar-refractivity contribution in [2.75, 3.05) is 0 Å². The topological polar surface area (TPSA) is 0 Å². The lowest BCUT2D eigenvalue weighted by atomic mass is 9.71. The quantitative estimate of drug-likeness (QED) is 0.434. The zero-order chi connectivity index (χ0) is 11.3. The number of hydrogen-bond acceptors (Lipinski definition) is 0. The van der Waals surface area contributed by atoms with E-state index in [1.165, 1.54) is 44.9 Å². The third-order valence-corrected chi connectivity index (χ3v) is 3.84. The van der Waals surface area contributed by atoms with Gasteiger partial charge in [0.1, 0.15) is 0 Å². The van der Waals surface area contributed by atoms with E-state index in [1.54, 1.807) is 5.57 Å². The molecule has 0 bridgehead atoms. The third kappa shape index (κ3) is 4.40. The summed E-state index contributed by atoms with van der Waals surface area (Å²) >= 11 is 0. The van der Waals surface area contributed by atoms with Gasteiger partial charge in [0.25, 0.3) is 0 Å². The molecule has 0 N–H and O–H groups in total. The van der Waals surface area contributed by atoms with Crippen molar-refractivity contribution in [1.82, 2.24) is 0 Å². The van der Waals surface area contributed by atoms with Crippen molar-refractivity contribution in [1.29, 1.82) is 0 Å². The van der Waals surface area contributed by atoms with Crippen molar-refractivity contribution in [2.24, 2.45) is 11.3 Å². The minimum Gasteiger partial charge on any atom is -0.0853 e. The summed E-state index contributed by atoms with van der Waals surface area (Å²) in [6, 6.07) is 0. The smallest absolute Gasteiger partial charge is 0.0317 e. The monoisotopic (exact) mass is 208 g/mol. The van der Waals surface area contributed by atoms with Crippen LogP contribution in [0.1, 0.15) is 72.6 Å². The van der Waals surface area contributed by atoms with E-state index < -0.39 is 0 Å². The molecule has 0 heterocycles. The molecule has 0 saturated heterocycles. The molecule has 0 aliphatic heterocycles. The van der Waals surface area contributed by atoms with Crippen molar-refractivity contribution in [3.63, 3.8) is 0 Å². The number of rotatable bonds is 3. The lowest BCUT2D eigenvalue weighted by Gasteiger charge is -2.34.